The molecule has 5 heteroatoms. The standard InChI is InChI=1S/C25H38N3.2BrH/c1-21-25-23(22-15-11-12-16-24(22)26-25)17-19-27(21)18-13-9-7-5-6-8-10-14-20-28(2,3)4;;/h11-12,15-17,19H,5-10,13-14,18,20H2,1-4H3;2*1H/q+1;;/p-1. The van der Waals surface area contributed by atoms with Crippen LogP contribution in [0, 0.1) is 6.92 Å². The molecule has 1 aromatic carbocycles. The lowest BCUT2D eigenvalue weighted by atomic mass is 10.1. The summed E-state index contributed by atoms with van der Waals surface area (Å²) < 4.78 is 3.52. The number of benzene rings is 1. The van der Waals surface area contributed by atoms with Crippen LogP contribution >= 0.6 is 0 Å². The average molecular weight is 541 g/mol. The van der Waals surface area contributed by atoms with Crippen molar-refractivity contribution in [3.63, 3.8) is 0 Å². The van der Waals surface area contributed by atoms with Crippen molar-refractivity contribution >= 4 is 21.8 Å². The molecular weight excluding hydrogens is 502 g/mol. The number of aromatic nitrogens is 2. The predicted octanol–water partition coefficient (Wildman–Crippen LogP) is -0.248. The normalized spacial score (nSPS) is 11.5. The molecular formula is C25H39Br2N3. The van der Waals surface area contributed by atoms with Crippen molar-refractivity contribution < 1.29 is 43.0 Å². The zero-order valence-electron chi connectivity index (χ0n) is 19.2. The van der Waals surface area contributed by atoms with E-state index in [1.54, 1.807) is 0 Å². The van der Waals surface area contributed by atoms with Crippen molar-refractivity contribution in [2.24, 2.45) is 0 Å². The molecule has 3 nitrogen and oxygen atoms in total. The van der Waals surface area contributed by atoms with Gasteiger partial charge >= 0.3 is 0 Å². The van der Waals surface area contributed by atoms with Crippen LogP contribution in [0.25, 0.3) is 21.8 Å². The van der Waals surface area contributed by atoms with E-state index in [1.165, 1.54) is 85.4 Å². The largest absolute Gasteiger partial charge is 1.00 e. The van der Waals surface area contributed by atoms with E-state index in [9.17, 15) is 0 Å². The molecule has 168 valence electrons. The minimum Gasteiger partial charge on any atom is -1.00 e. The van der Waals surface area contributed by atoms with E-state index in [1.807, 2.05) is 0 Å². The van der Waals surface area contributed by atoms with E-state index in [-0.39, 0.29) is 34.0 Å². The van der Waals surface area contributed by atoms with E-state index in [4.69, 9.17) is 0 Å². The number of pyridine rings is 1. The van der Waals surface area contributed by atoms with Crippen LogP contribution in [0.3, 0.4) is 0 Å². The number of nitrogens with zero attached hydrogens (tertiary/aromatic N) is 2. The van der Waals surface area contributed by atoms with E-state index >= 15 is 0 Å². The second kappa shape index (κ2) is 12.8. The van der Waals surface area contributed by atoms with Gasteiger partial charge in [-0.1, -0.05) is 43.9 Å². The first-order valence-electron chi connectivity index (χ1n) is 11.2. The average Bonchev–Trinajstić information content (AvgIpc) is 3.03. The Morgan fingerprint density at radius 3 is 2.03 bits per heavy atom. The number of H-pyrrole nitrogens is 1. The Morgan fingerprint density at radius 1 is 0.767 bits per heavy atom. The van der Waals surface area contributed by atoms with Gasteiger partial charge in [-0.25, -0.2) is 4.57 Å². The molecule has 0 saturated heterocycles. The van der Waals surface area contributed by atoms with Crippen LogP contribution in [0.1, 0.15) is 57.1 Å². The van der Waals surface area contributed by atoms with Crippen molar-refractivity contribution in [3.8, 4) is 0 Å². The lowest BCUT2D eigenvalue weighted by Crippen LogP contribution is -3.00. The molecule has 0 aliphatic heterocycles. The van der Waals surface area contributed by atoms with Crippen molar-refractivity contribution in [3.05, 3.63) is 42.2 Å². The van der Waals surface area contributed by atoms with Crippen molar-refractivity contribution in [1.82, 2.24) is 4.98 Å². The fraction of sp³-hybridized carbons (Fsp3) is 0.560. The number of rotatable bonds is 11. The molecule has 0 fully saturated rings. The first kappa shape index (κ1) is 27.1. The van der Waals surface area contributed by atoms with Crippen LogP contribution < -0.4 is 38.5 Å². The summed E-state index contributed by atoms with van der Waals surface area (Å²) in [6.45, 7) is 4.67. The zero-order chi connectivity index (χ0) is 20.0. The number of aryl methyl sites for hydroxylation is 2. The minimum absolute atomic E-state index is 0. The lowest BCUT2D eigenvalue weighted by molar-refractivity contribution is -0.870. The number of quaternary nitrogens is 1. The first-order valence-corrected chi connectivity index (χ1v) is 11.2. The summed E-state index contributed by atoms with van der Waals surface area (Å²) in [5, 5.41) is 2.67. The summed E-state index contributed by atoms with van der Waals surface area (Å²) in [5.74, 6) is 0. The van der Waals surface area contributed by atoms with Crippen LogP contribution in [-0.2, 0) is 6.54 Å². The van der Waals surface area contributed by atoms with Gasteiger partial charge in [0.2, 0.25) is 5.69 Å². The molecule has 2 aromatic heterocycles. The smallest absolute Gasteiger partial charge is 0.202 e. The summed E-state index contributed by atoms with van der Waals surface area (Å²) >= 11 is 0. The highest BCUT2D eigenvalue weighted by molar-refractivity contribution is 6.07. The van der Waals surface area contributed by atoms with Crippen LogP contribution in [0.15, 0.2) is 36.5 Å². The van der Waals surface area contributed by atoms with E-state index in [2.05, 4.69) is 74.1 Å². The first-order chi connectivity index (χ1) is 13.5. The van der Waals surface area contributed by atoms with Crippen LogP contribution in [0.2, 0.25) is 0 Å². The lowest BCUT2D eigenvalue weighted by Gasteiger charge is -2.23. The number of nitrogens with one attached hydrogen (secondary N) is 1. The summed E-state index contributed by atoms with van der Waals surface area (Å²) in [5.41, 5.74) is 3.88. The fourth-order valence-electron chi connectivity index (χ4n) is 4.21. The van der Waals surface area contributed by atoms with Crippen LogP contribution in [0.5, 0.6) is 0 Å². The second-order valence-corrected chi connectivity index (χ2v) is 9.40. The van der Waals surface area contributed by atoms with Crippen LogP contribution in [0.4, 0.5) is 0 Å². The second-order valence-electron chi connectivity index (χ2n) is 9.40. The highest BCUT2D eigenvalue weighted by Crippen LogP contribution is 2.25. The topological polar surface area (TPSA) is 19.7 Å². The molecule has 0 amide bonds. The molecule has 0 atom stereocenters. The van der Waals surface area contributed by atoms with E-state index < -0.39 is 0 Å². The summed E-state index contributed by atoms with van der Waals surface area (Å²) in [7, 11) is 6.86. The molecule has 3 rings (SSSR count). The molecule has 0 spiro atoms. The minimum atomic E-state index is 0. The maximum atomic E-state index is 3.61. The van der Waals surface area contributed by atoms with Gasteiger partial charge in [-0.15, -0.1) is 0 Å². The Hall–Kier alpha value is -0.910. The highest BCUT2D eigenvalue weighted by atomic mass is 79.9. The van der Waals surface area contributed by atoms with Gasteiger partial charge in [0.15, 0.2) is 6.20 Å². The number of aromatic amines is 1. The Kier molecular flexibility index (Phi) is 11.6. The molecule has 2 heterocycles. The summed E-state index contributed by atoms with van der Waals surface area (Å²) in [6, 6.07) is 10.9. The third-order valence-electron chi connectivity index (χ3n) is 5.94. The zero-order valence-corrected chi connectivity index (χ0v) is 22.4. The molecule has 0 radical (unpaired) electrons. The predicted molar refractivity (Wildman–Crippen MR) is 121 cm³/mol. The molecule has 0 saturated carbocycles. The van der Waals surface area contributed by atoms with Crippen molar-refractivity contribution in [2.45, 2.75) is 64.8 Å². The highest BCUT2D eigenvalue weighted by Gasteiger charge is 2.14. The van der Waals surface area contributed by atoms with Crippen LogP contribution in [-0.4, -0.2) is 37.2 Å². The molecule has 3 aromatic rings. The SMILES string of the molecule is Cc1c2[nH]c3ccccc3c2cc[n+]1CCCCCCCCCC[N+](C)(C)C.[Br-].[Br-]. The number of unbranched alkanes of at least 4 members (excludes halogenated alkanes) is 7. The van der Waals surface area contributed by atoms with Gasteiger partial charge in [0.05, 0.1) is 27.7 Å². The molecule has 30 heavy (non-hydrogen) atoms. The van der Waals surface area contributed by atoms with Gasteiger partial charge in [-0.3, -0.25) is 0 Å². The van der Waals surface area contributed by atoms with Gasteiger partial charge in [-0.05, 0) is 25.3 Å². The van der Waals surface area contributed by atoms with Crippen molar-refractivity contribution in [2.75, 3.05) is 27.7 Å². The fourth-order valence-corrected chi connectivity index (χ4v) is 4.21. The molecule has 0 unspecified atom stereocenters. The maximum Gasteiger partial charge on any atom is 0.202 e. The van der Waals surface area contributed by atoms with E-state index in [0.29, 0.717) is 0 Å². The summed E-state index contributed by atoms with van der Waals surface area (Å²) in [6.07, 6.45) is 13.2. The third-order valence-corrected chi connectivity index (χ3v) is 5.94. The number of hydrogen-bond acceptors (Lipinski definition) is 0. The van der Waals surface area contributed by atoms with Gasteiger partial charge in [-0.2, -0.15) is 0 Å². The Bertz CT molecular complexity index is 896. The van der Waals surface area contributed by atoms with E-state index in [0.717, 1.165) is 11.0 Å². The Labute approximate surface area is 204 Å². The molecule has 1 N–H and O–H groups in total. The molecule has 0 aliphatic rings. The molecule has 0 bridgehead atoms. The number of fused-ring (bicyclic) bond motifs is 3. The Balaban J connectivity index is 0.00000225. The quantitative estimate of drug-likeness (QED) is 0.197. The summed E-state index contributed by atoms with van der Waals surface area (Å²) in [4.78, 5) is 3.61. The number of para-hydroxylation sites is 1. The number of halogens is 2. The van der Waals surface area contributed by atoms with Gasteiger partial charge in [0.25, 0.3) is 0 Å². The van der Waals surface area contributed by atoms with Gasteiger partial charge in [0.1, 0.15) is 12.1 Å². The van der Waals surface area contributed by atoms with Crippen molar-refractivity contribution in [1.29, 1.82) is 0 Å². The van der Waals surface area contributed by atoms with Gasteiger partial charge < -0.3 is 43.4 Å². The maximum absolute atomic E-state index is 3.61. The third kappa shape index (κ3) is 7.65. The monoisotopic (exact) mass is 539 g/mol. The molecule has 0 aliphatic carbocycles. The Morgan fingerprint density at radius 2 is 1.37 bits per heavy atom. The van der Waals surface area contributed by atoms with Gasteiger partial charge in [0, 0.05) is 35.7 Å². The number of hydrogen-bond donors (Lipinski definition) is 1.